The molecule has 108 valence electrons. The third-order valence-electron chi connectivity index (χ3n) is 2.90. The third-order valence-corrected chi connectivity index (χ3v) is 2.90. The van der Waals surface area contributed by atoms with E-state index < -0.39 is 0 Å². The number of methoxy groups -OCH3 is 1. The average Bonchev–Trinajstić information content (AvgIpc) is 2.37. The molecule has 0 spiro atoms. The Kier molecular flexibility index (Phi) is 6.73. The number of aromatic nitrogens is 2. The third kappa shape index (κ3) is 4.76. The zero-order valence-electron chi connectivity index (χ0n) is 12.6. The van der Waals surface area contributed by atoms with Crippen molar-refractivity contribution in [2.45, 2.75) is 33.1 Å². The topological polar surface area (TPSA) is 56.3 Å². The van der Waals surface area contributed by atoms with Gasteiger partial charge in [0.15, 0.2) is 0 Å². The minimum atomic E-state index is 0.412. The van der Waals surface area contributed by atoms with Crippen LogP contribution in [0.1, 0.15) is 36.8 Å². The molecule has 0 atom stereocenters. The number of ether oxygens (including phenoxy) is 2. The maximum Gasteiger partial charge on any atom is 0.133 e. The van der Waals surface area contributed by atoms with Crippen molar-refractivity contribution in [2.75, 3.05) is 39.3 Å². The minimum absolute atomic E-state index is 0.412. The van der Waals surface area contributed by atoms with Gasteiger partial charge < -0.3 is 14.8 Å². The van der Waals surface area contributed by atoms with Crippen molar-refractivity contribution >= 4 is 5.82 Å². The highest BCUT2D eigenvalue weighted by molar-refractivity contribution is 5.47. The van der Waals surface area contributed by atoms with Crippen LogP contribution in [0.4, 0.5) is 5.82 Å². The minimum Gasteiger partial charge on any atom is -0.382 e. The smallest absolute Gasteiger partial charge is 0.133 e. The lowest BCUT2D eigenvalue weighted by atomic mass is 10.0. The Bertz CT molecular complexity index is 395. The first kappa shape index (κ1) is 15.9. The second kappa shape index (κ2) is 8.07. The molecule has 5 nitrogen and oxygen atoms in total. The number of aryl methyl sites for hydroxylation is 1. The Hall–Kier alpha value is -1.20. The SMILES string of the molecule is CNc1nc(CCOCCOC)nc(C)c1C(C)C. The number of anilines is 1. The molecule has 1 heterocycles. The highest BCUT2D eigenvalue weighted by atomic mass is 16.5. The summed E-state index contributed by atoms with van der Waals surface area (Å²) in [5, 5.41) is 3.16. The molecule has 1 aromatic rings. The monoisotopic (exact) mass is 267 g/mol. The van der Waals surface area contributed by atoms with Gasteiger partial charge in [-0.3, -0.25) is 0 Å². The van der Waals surface area contributed by atoms with Crippen LogP contribution in [0.5, 0.6) is 0 Å². The van der Waals surface area contributed by atoms with E-state index in [0.717, 1.165) is 23.8 Å². The van der Waals surface area contributed by atoms with Crippen molar-refractivity contribution in [1.82, 2.24) is 9.97 Å². The fourth-order valence-corrected chi connectivity index (χ4v) is 2.04. The average molecular weight is 267 g/mol. The van der Waals surface area contributed by atoms with E-state index >= 15 is 0 Å². The standard InChI is InChI=1S/C14H25N3O2/c1-10(2)13-11(3)16-12(17-14(13)15-4)6-7-19-9-8-18-5/h10H,6-9H2,1-5H3,(H,15,16,17). The number of hydrogen-bond acceptors (Lipinski definition) is 5. The second-order valence-electron chi connectivity index (χ2n) is 4.75. The van der Waals surface area contributed by atoms with Crippen molar-refractivity contribution in [3.8, 4) is 0 Å². The largest absolute Gasteiger partial charge is 0.382 e. The lowest BCUT2D eigenvalue weighted by molar-refractivity contribution is 0.0716. The van der Waals surface area contributed by atoms with Gasteiger partial charge in [-0.15, -0.1) is 0 Å². The zero-order valence-corrected chi connectivity index (χ0v) is 12.6. The predicted molar refractivity (Wildman–Crippen MR) is 76.8 cm³/mol. The molecule has 0 bridgehead atoms. The molecule has 0 fully saturated rings. The van der Waals surface area contributed by atoms with Crippen molar-refractivity contribution in [1.29, 1.82) is 0 Å². The Morgan fingerprint density at radius 3 is 2.47 bits per heavy atom. The summed E-state index contributed by atoms with van der Waals surface area (Å²) in [4.78, 5) is 9.12. The van der Waals surface area contributed by atoms with Crippen molar-refractivity contribution in [3.63, 3.8) is 0 Å². The van der Waals surface area contributed by atoms with Crippen LogP contribution >= 0.6 is 0 Å². The molecule has 0 radical (unpaired) electrons. The zero-order chi connectivity index (χ0) is 14.3. The Morgan fingerprint density at radius 1 is 1.16 bits per heavy atom. The Labute approximate surface area is 115 Å². The van der Waals surface area contributed by atoms with E-state index in [0.29, 0.717) is 25.7 Å². The Morgan fingerprint density at radius 2 is 1.89 bits per heavy atom. The second-order valence-corrected chi connectivity index (χ2v) is 4.75. The van der Waals surface area contributed by atoms with Crippen LogP contribution in [-0.2, 0) is 15.9 Å². The van der Waals surface area contributed by atoms with Crippen LogP contribution in [0, 0.1) is 6.92 Å². The molecule has 0 aliphatic carbocycles. The van der Waals surface area contributed by atoms with Crippen LogP contribution in [0.15, 0.2) is 0 Å². The lowest BCUT2D eigenvalue weighted by Gasteiger charge is -2.15. The van der Waals surface area contributed by atoms with Gasteiger partial charge in [0.25, 0.3) is 0 Å². The van der Waals surface area contributed by atoms with Gasteiger partial charge in [-0.1, -0.05) is 13.8 Å². The van der Waals surface area contributed by atoms with Crippen LogP contribution in [0.2, 0.25) is 0 Å². The van der Waals surface area contributed by atoms with Crippen molar-refractivity contribution in [3.05, 3.63) is 17.1 Å². The van der Waals surface area contributed by atoms with Gasteiger partial charge in [0, 0.05) is 31.8 Å². The first-order valence-corrected chi connectivity index (χ1v) is 6.72. The molecular formula is C14H25N3O2. The van der Waals surface area contributed by atoms with E-state index in [9.17, 15) is 0 Å². The van der Waals surface area contributed by atoms with Crippen molar-refractivity contribution in [2.24, 2.45) is 0 Å². The molecule has 0 saturated carbocycles. The van der Waals surface area contributed by atoms with Gasteiger partial charge in [0.2, 0.25) is 0 Å². The quantitative estimate of drug-likeness (QED) is 0.731. The molecule has 1 rings (SSSR count). The Balaban J connectivity index is 2.68. The predicted octanol–water partition coefficient (Wildman–Crippen LogP) is 2.16. The molecule has 19 heavy (non-hydrogen) atoms. The van der Waals surface area contributed by atoms with E-state index in [2.05, 4.69) is 29.1 Å². The van der Waals surface area contributed by atoms with Gasteiger partial charge in [-0.2, -0.15) is 0 Å². The number of nitrogens with zero attached hydrogens (tertiary/aromatic N) is 2. The van der Waals surface area contributed by atoms with E-state index in [-0.39, 0.29) is 0 Å². The molecule has 0 amide bonds. The summed E-state index contributed by atoms with van der Waals surface area (Å²) in [5.74, 6) is 2.16. The molecule has 0 aliphatic heterocycles. The summed E-state index contributed by atoms with van der Waals surface area (Å²) in [6, 6.07) is 0. The lowest BCUT2D eigenvalue weighted by Crippen LogP contribution is -2.11. The normalized spacial score (nSPS) is 11.1. The van der Waals surface area contributed by atoms with Gasteiger partial charge >= 0.3 is 0 Å². The van der Waals surface area contributed by atoms with Gasteiger partial charge in [-0.25, -0.2) is 9.97 Å². The van der Waals surface area contributed by atoms with E-state index in [1.54, 1.807) is 7.11 Å². The summed E-state index contributed by atoms with van der Waals surface area (Å²) in [6.45, 7) is 8.19. The molecule has 0 aromatic carbocycles. The van der Waals surface area contributed by atoms with Gasteiger partial charge in [0.05, 0.1) is 19.8 Å². The molecule has 0 aliphatic rings. The van der Waals surface area contributed by atoms with Crippen LogP contribution in [-0.4, -0.2) is 43.9 Å². The molecule has 0 saturated heterocycles. The van der Waals surface area contributed by atoms with E-state index in [1.807, 2.05) is 14.0 Å². The summed E-state index contributed by atoms with van der Waals surface area (Å²) in [5.41, 5.74) is 2.23. The van der Waals surface area contributed by atoms with E-state index in [1.165, 1.54) is 5.56 Å². The fourth-order valence-electron chi connectivity index (χ4n) is 2.04. The van der Waals surface area contributed by atoms with Gasteiger partial charge in [0.1, 0.15) is 11.6 Å². The van der Waals surface area contributed by atoms with E-state index in [4.69, 9.17) is 9.47 Å². The summed E-state index contributed by atoms with van der Waals surface area (Å²) >= 11 is 0. The number of hydrogen-bond donors (Lipinski definition) is 1. The molecule has 1 N–H and O–H groups in total. The highest BCUT2D eigenvalue weighted by Crippen LogP contribution is 2.24. The summed E-state index contributed by atoms with van der Waals surface area (Å²) in [6.07, 6.45) is 0.720. The first-order chi connectivity index (χ1) is 9.10. The van der Waals surface area contributed by atoms with Crippen LogP contribution < -0.4 is 5.32 Å². The van der Waals surface area contributed by atoms with Gasteiger partial charge in [-0.05, 0) is 12.8 Å². The maximum absolute atomic E-state index is 5.44. The highest BCUT2D eigenvalue weighted by Gasteiger charge is 2.13. The van der Waals surface area contributed by atoms with Crippen LogP contribution in [0.25, 0.3) is 0 Å². The van der Waals surface area contributed by atoms with Crippen molar-refractivity contribution < 1.29 is 9.47 Å². The summed E-state index contributed by atoms with van der Waals surface area (Å²) in [7, 11) is 3.56. The molecule has 5 heteroatoms. The summed E-state index contributed by atoms with van der Waals surface area (Å²) < 4.78 is 10.4. The first-order valence-electron chi connectivity index (χ1n) is 6.72. The molecular weight excluding hydrogens is 242 g/mol. The number of nitrogens with one attached hydrogen (secondary N) is 1. The molecule has 0 unspecified atom stereocenters. The fraction of sp³-hybridized carbons (Fsp3) is 0.714. The maximum atomic E-state index is 5.44. The number of rotatable bonds is 8. The molecule has 1 aromatic heterocycles. The van der Waals surface area contributed by atoms with Crippen LogP contribution in [0.3, 0.4) is 0 Å².